The van der Waals surface area contributed by atoms with Crippen LogP contribution in [-0.4, -0.2) is 25.6 Å². The Kier molecular flexibility index (Phi) is 5.14. The summed E-state index contributed by atoms with van der Waals surface area (Å²) >= 11 is 0. The first-order valence-corrected chi connectivity index (χ1v) is 6.86. The van der Waals surface area contributed by atoms with Gasteiger partial charge in [-0.15, -0.1) is 0 Å². The Labute approximate surface area is 128 Å². The third-order valence-corrected chi connectivity index (χ3v) is 3.01. The minimum atomic E-state index is -0.379. The van der Waals surface area contributed by atoms with Gasteiger partial charge in [0.1, 0.15) is 5.75 Å². The van der Waals surface area contributed by atoms with Gasteiger partial charge < -0.3 is 14.8 Å². The molecule has 22 heavy (non-hydrogen) atoms. The second-order valence-corrected chi connectivity index (χ2v) is 4.48. The number of nitrogens with one attached hydrogen (secondary N) is 1. The topological polar surface area (TPSA) is 64.6 Å². The van der Waals surface area contributed by atoms with Crippen LogP contribution in [0.4, 0.5) is 5.69 Å². The first-order chi connectivity index (χ1) is 10.6. The number of ether oxygens (including phenoxy) is 2. The fraction of sp³-hybridized carbons (Fsp3) is 0.176. The van der Waals surface area contributed by atoms with E-state index in [0.29, 0.717) is 29.2 Å². The minimum absolute atomic E-state index is 0.230. The maximum absolute atomic E-state index is 12.1. The Morgan fingerprint density at radius 1 is 0.955 bits per heavy atom. The van der Waals surface area contributed by atoms with Crippen LogP contribution in [0.1, 0.15) is 27.6 Å². The number of benzene rings is 2. The molecule has 0 radical (unpaired) electrons. The Hall–Kier alpha value is -2.82. The maximum atomic E-state index is 12.1. The molecule has 5 nitrogen and oxygen atoms in total. The largest absolute Gasteiger partial charge is 0.497 e. The lowest BCUT2D eigenvalue weighted by Crippen LogP contribution is -2.12. The van der Waals surface area contributed by atoms with Crippen LogP contribution in [0, 0.1) is 0 Å². The quantitative estimate of drug-likeness (QED) is 0.862. The minimum Gasteiger partial charge on any atom is -0.497 e. The van der Waals surface area contributed by atoms with E-state index in [9.17, 15) is 9.59 Å². The summed E-state index contributed by atoms with van der Waals surface area (Å²) in [7, 11) is 1.57. The van der Waals surface area contributed by atoms with Crippen LogP contribution in [0.3, 0.4) is 0 Å². The van der Waals surface area contributed by atoms with E-state index >= 15 is 0 Å². The molecule has 2 rings (SSSR count). The molecule has 0 saturated heterocycles. The third kappa shape index (κ3) is 3.85. The lowest BCUT2D eigenvalue weighted by molar-refractivity contribution is 0.0526. The number of carbonyl (C=O) groups excluding carboxylic acids is 2. The molecule has 2 aromatic carbocycles. The Morgan fingerprint density at radius 2 is 1.55 bits per heavy atom. The molecule has 1 N–H and O–H groups in total. The fourth-order valence-electron chi connectivity index (χ4n) is 1.85. The van der Waals surface area contributed by atoms with Crippen LogP contribution in [0.25, 0.3) is 0 Å². The monoisotopic (exact) mass is 299 g/mol. The van der Waals surface area contributed by atoms with Gasteiger partial charge in [0.25, 0.3) is 5.91 Å². The molecule has 1 amide bonds. The van der Waals surface area contributed by atoms with Crippen molar-refractivity contribution in [1.82, 2.24) is 0 Å². The third-order valence-electron chi connectivity index (χ3n) is 3.01. The van der Waals surface area contributed by atoms with Crippen molar-refractivity contribution in [2.24, 2.45) is 0 Å². The number of esters is 1. The van der Waals surface area contributed by atoms with E-state index in [1.54, 1.807) is 62.6 Å². The van der Waals surface area contributed by atoms with Crippen molar-refractivity contribution >= 4 is 17.6 Å². The normalized spacial score (nSPS) is 9.91. The maximum Gasteiger partial charge on any atom is 0.338 e. The second-order valence-electron chi connectivity index (χ2n) is 4.48. The van der Waals surface area contributed by atoms with Crippen molar-refractivity contribution in [3.63, 3.8) is 0 Å². The van der Waals surface area contributed by atoms with Crippen molar-refractivity contribution in [2.75, 3.05) is 19.0 Å². The number of hydrogen-bond donors (Lipinski definition) is 1. The van der Waals surface area contributed by atoms with Crippen molar-refractivity contribution < 1.29 is 19.1 Å². The summed E-state index contributed by atoms with van der Waals surface area (Å²) in [5.41, 5.74) is 1.58. The van der Waals surface area contributed by atoms with Crippen molar-refractivity contribution in [1.29, 1.82) is 0 Å². The van der Waals surface area contributed by atoms with Gasteiger partial charge in [0, 0.05) is 11.3 Å². The zero-order chi connectivity index (χ0) is 15.9. The molecule has 0 spiro atoms. The van der Waals surface area contributed by atoms with E-state index in [4.69, 9.17) is 9.47 Å². The smallest absolute Gasteiger partial charge is 0.338 e. The fourth-order valence-corrected chi connectivity index (χ4v) is 1.85. The van der Waals surface area contributed by atoms with E-state index in [0.717, 1.165) is 0 Å². The zero-order valence-electron chi connectivity index (χ0n) is 12.5. The standard InChI is InChI=1S/C17H17NO4/c1-3-22-17(20)13-4-8-14(9-5-13)18-16(19)12-6-10-15(21-2)11-7-12/h4-11H,3H2,1-2H3,(H,18,19). The zero-order valence-corrected chi connectivity index (χ0v) is 12.5. The van der Waals surface area contributed by atoms with E-state index < -0.39 is 0 Å². The number of amides is 1. The first kappa shape index (κ1) is 15.6. The number of hydrogen-bond acceptors (Lipinski definition) is 4. The molecule has 0 aliphatic heterocycles. The molecule has 0 saturated carbocycles. The summed E-state index contributed by atoms with van der Waals surface area (Å²) in [6.07, 6.45) is 0. The molecule has 2 aromatic rings. The Bertz CT molecular complexity index is 647. The van der Waals surface area contributed by atoms with Gasteiger partial charge in [-0.25, -0.2) is 4.79 Å². The van der Waals surface area contributed by atoms with Crippen LogP contribution < -0.4 is 10.1 Å². The highest BCUT2D eigenvalue weighted by Crippen LogP contribution is 2.15. The van der Waals surface area contributed by atoms with Gasteiger partial charge in [-0.3, -0.25) is 4.79 Å². The highest BCUT2D eigenvalue weighted by atomic mass is 16.5. The molecule has 0 unspecified atom stereocenters. The average Bonchev–Trinajstić information content (AvgIpc) is 2.55. The lowest BCUT2D eigenvalue weighted by atomic mass is 10.1. The van der Waals surface area contributed by atoms with Crippen molar-refractivity contribution in [2.45, 2.75) is 6.92 Å². The molecule has 5 heteroatoms. The van der Waals surface area contributed by atoms with Crippen molar-refractivity contribution in [3.05, 3.63) is 59.7 Å². The highest BCUT2D eigenvalue weighted by Gasteiger charge is 2.08. The van der Waals surface area contributed by atoms with Gasteiger partial charge in [-0.05, 0) is 55.5 Å². The molecule has 0 aromatic heterocycles. The average molecular weight is 299 g/mol. The van der Waals surface area contributed by atoms with E-state index in [2.05, 4.69) is 5.32 Å². The molecule has 0 fully saturated rings. The number of methoxy groups -OCH3 is 1. The van der Waals surface area contributed by atoms with E-state index in [1.165, 1.54) is 0 Å². The summed E-state index contributed by atoms with van der Waals surface area (Å²) in [5.74, 6) is 0.0809. The van der Waals surface area contributed by atoms with Gasteiger partial charge in [-0.2, -0.15) is 0 Å². The number of rotatable bonds is 5. The van der Waals surface area contributed by atoms with Gasteiger partial charge in [0.2, 0.25) is 0 Å². The molecular weight excluding hydrogens is 282 g/mol. The van der Waals surface area contributed by atoms with E-state index in [1.807, 2.05) is 0 Å². The summed E-state index contributed by atoms with van der Waals surface area (Å²) in [4.78, 5) is 23.6. The molecular formula is C17H17NO4. The van der Waals surface area contributed by atoms with Gasteiger partial charge in [0.05, 0.1) is 19.3 Å². The predicted molar refractivity (Wildman–Crippen MR) is 83.3 cm³/mol. The van der Waals surface area contributed by atoms with Crippen LogP contribution in [-0.2, 0) is 4.74 Å². The Morgan fingerprint density at radius 3 is 2.09 bits per heavy atom. The van der Waals surface area contributed by atoms with Gasteiger partial charge >= 0.3 is 5.97 Å². The first-order valence-electron chi connectivity index (χ1n) is 6.86. The van der Waals surface area contributed by atoms with E-state index in [-0.39, 0.29) is 11.9 Å². The number of anilines is 1. The molecule has 0 bridgehead atoms. The van der Waals surface area contributed by atoms with Crippen LogP contribution >= 0.6 is 0 Å². The van der Waals surface area contributed by atoms with Crippen LogP contribution in [0.15, 0.2) is 48.5 Å². The number of carbonyl (C=O) groups is 2. The molecule has 0 atom stereocenters. The SMILES string of the molecule is CCOC(=O)c1ccc(NC(=O)c2ccc(OC)cc2)cc1. The molecule has 114 valence electrons. The van der Waals surface area contributed by atoms with Crippen LogP contribution in [0.2, 0.25) is 0 Å². The summed E-state index contributed by atoms with van der Waals surface area (Å²) < 4.78 is 9.95. The molecule has 0 aliphatic rings. The summed E-state index contributed by atoms with van der Waals surface area (Å²) in [6.45, 7) is 2.08. The predicted octanol–water partition coefficient (Wildman–Crippen LogP) is 3.12. The van der Waals surface area contributed by atoms with Crippen molar-refractivity contribution in [3.8, 4) is 5.75 Å². The highest BCUT2D eigenvalue weighted by molar-refractivity contribution is 6.04. The lowest BCUT2D eigenvalue weighted by Gasteiger charge is -2.07. The van der Waals surface area contributed by atoms with Gasteiger partial charge in [0.15, 0.2) is 0 Å². The Balaban J connectivity index is 2.03. The molecule has 0 aliphatic carbocycles. The summed E-state index contributed by atoms with van der Waals surface area (Å²) in [5, 5.41) is 2.76. The molecule has 0 heterocycles. The summed E-state index contributed by atoms with van der Waals surface area (Å²) in [6, 6.07) is 13.4. The van der Waals surface area contributed by atoms with Crippen LogP contribution in [0.5, 0.6) is 5.75 Å². The van der Waals surface area contributed by atoms with Gasteiger partial charge in [-0.1, -0.05) is 0 Å². The second kappa shape index (κ2) is 7.26.